The second-order valence-corrected chi connectivity index (χ2v) is 5.94. The largest absolute Gasteiger partial charge is 0.493 e. The van der Waals surface area contributed by atoms with Crippen LogP contribution in [0.1, 0.15) is 43.7 Å². The molecule has 132 valence electrons. The minimum atomic E-state index is -0.453. The van der Waals surface area contributed by atoms with Crippen molar-refractivity contribution in [3.05, 3.63) is 23.8 Å². The number of benzene rings is 1. The van der Waals surface area contributed by atoms with Gasteiger partial charge in [0.25, 0.3) is 0 Å². The Labute approximate surface area is 142 Å². The Morgan fingerprint density at radius 3 is 2.38 bits per heavy atom. The van der Waals surface area contributed by atoms with Crippen LogP contribution < -0.4 is 14.8 Å². The van der Waals surface area contributed by atoms with E-state index in [1.807, 2.05) is 6.07 Å². The maximum absolute atomic E-state index is 12.5. The van der Waals surface area contributed by atoms with E-state index in [0.29, 0.717) is 11.5 Å². The number of hydrogen-bond acceptors (Lipinski definition) is 5. The van der Waals surface area contributed by atoms with Crippen LogP contribution in [0.5, 0.6) is 11.5 Å². The summed E-state index contributed by atoms with van der Waals surface area (Å²) in [5.74, 6) is 0.808. The lowest BCUT2D eigenvalue weighted by Crippen LogP contribution is -2.34. The van der Waals surface area contributed by atoms with Crippen molar-refractivity contribution in [2.24, 2.45) is 5.92 Å². The van der Waals surface area contributed by atoms with Crippen LogP contribution in [-0.2, 0) is 14.3 Å². The molecule has 0 spiro atoms. The monoisotopic (exact) mass is 335 g/mol. The number of methoxy groups -OCH3 is 3. The fourth-order valence-corrected chi connectivity index (χ4v) is 3.05. The lowest BCUT2D eigenvalue weighted by molar-refractivity contribution is -0.141. The van der Waals surface area contributed by atoms with Gasteiger partial charge in [-0.25, -0.2) is 0 Å². The van der Waals surface area contributed by atoms with Gasteiger partial charge in [-0.15, -0.1) is 0 Å². The molecule has 0 aromatic heterocycles. The summed E-state index contributed by atoms with van der Waals surface area (Å²) in [6.45, 7) is 0. The van der Waals surface area contributed by atoms with E-state index in [4.69, 9.17) is 14.2 Å². The summed E-state index contributed by atoms with van der Waals surface area (Å²) >= 11 is 0. The molecule has 6 nitrogen and oxygen atoms in total. The Balaban J connectivity index is 2.21. The van der Waals surface area contributed by atoms with E-state index < -0.39 is 6.04 Å². The number of carbonyl (C=O) groups is 2. The highest BCUT2D eigenvalue weighted by Gasteiger charge is 2.27. The van der Waals surface area contributed by atoms with Crippen molar-refractivity contribution < 1.29 is 23.8 Å². The minimum absolute atomic E-state index is 0.00353. The highest BCUT2D eigenvalue weighted by molar-refractivity contribution is 5.80. The zero-order chi connectivity index (χ0) is 17.5. The summed E-state index contributed by atoms with van der Waals surface area (Å²) in [4.78, 5) is 24.2. The fraction of sp³-hybridized carbons (Fsp3) is 0.556. The van der Waals surface area contributed by atoms with Crippen molar-refractivity contribution in [1.82, 2.24) is 5.32 Å². The minimum Gasteiger partial charge on any atom is -0.493 e. The molecule has 1 aliphatic rings. The van der Waals surface area contributed by atoms with E-state index in [9.17, 15) is 9.59 Å². The van der Waals surface area contributed by atoms with Crippen LogP contribution >= 0.6 is 0 Å². The second-order valence-electron chi connectivity index (χ2n) is 5.94. The molecular formula is C18H25NO5. The first-order chi connectivity index (χ1) is 11.6. The summed E-state index contributed by atoms with van der Waals surface area (Å²) in [5, 5.41) is 2.99. The number of amides is 1. The predicted octanol–water partition coefficient (Wildman–Crippen LogP) is 2.61. The van der Waals surface area contributed by atoms with Crippen molar-refractivity contribution in [3.63, 3.8) is 0 Å². The molecule has 0 heterocycles. The van der Waals surface area contributed by atoms with Gasteiger partial charge in [-0.05, 0) is 30.5 Å². The zero-order valence-electron chi connectivity index (χ0n) is 14.5. The van der Waals surface area contributed by atoms with Crippen LogP contribution in [0, 0.1) is 5.92 Å². The Kier molecular flexibility index (Phi) is 6.46. The molecule has 1 N–H and O–H groups in total. The molecule has 2 rings (SSSR count). The molecule has 1 aliphatic carbocycles. The highest BCUT2D eigenvalue weighted by Crippen LogP contribution is 2.32. The van der Waals surface area contributed by atoms with Crippen molar-refractivity contribution in [3.8, 4) is 11.5 Å². The third kappa shape index (κ3) is 4.40. The Hall–Kier alpha value is -2.24. The highest BCUT2D eigenvalue weighted by atomic mass is 16.5. The van der Waals surface area contributed by atoms with Crippen molar-refractivity contribution in [1.29, 1.82) is 0 Å². The molecule has 0 aliphatic heterocycles. The summed E-state index contributed by atoms with van der Waals surface area (Å²) in [5.41, 5.74) is 0.782. The van der Waals surface area contributed by atoms with Crippen molar-refractivity contribution in [2.75, 3.05) is 21.3 Å². The van der Waals surface area contributed by atoms with Crippen LogP contribution in [0.3, 0.4) is 0 Å². The smallest absolute Gasteiger partial charge is 0.307 e. The van der Waals surface area contributed by atoms with E-state index in [1.165, 1.54) is 7.11 Å². The topological polar surface area (TPSA) is 73.9 Å². The fourth-order valence-electron chi connectivity index (χ4n) is 3.05. The quantitative estimate of drug-likeness (QED) is 0.775. The van der Waals surface area contributed by atoms with Gasteiger partial charge >= 0.3 is 5.97 Å². The summed E-state index contributed by atoms with van der Waals surface area (Å²) in [7, 11) is 4.45. The first-order valence-corrected chi connectivity index (χ1v) is 8.18. The van der Waals surface area contributed by atoms with Crippen LogP contribution in [0.2, 0.25) is 0 Å². The van der Waals surface area contributed by atoms with Crippen LogP contribution in [-0.4, -0.2) is 33.2 Å². The van der Waals surface area contributed by atoms with E-state index in [1.54, 1.807) is 26.4 Å². The summed E-state index contributed by atoms with van der Waals surface area (Å²) < 4.78 is 15.3. The Morgan fingerprint density at radius 2 is 1.79 bits per heavy atom. The lowest BCUT2D eigenvalue weighted by Gasteiger charge is -2.21. The molecule has 1 aromatic rings. The van der Waals surface area contributed by atoms with Gasteiger partial charge < -0.3 is 19.5 Å². The number of rotatable bonds is 7. The molecule has 1 unspecified atom stereocenters. The number of nitrogens with one attached hydrogen (secondary N) is 1. The van der Waals surface area contributed by atoms with Crippen molar-refractivity contribution >= 4 is 11.9 Å². The summed E-state index contributed by atoms with van der Waals surface area (Å²) in [6.07, 6.45) is 4.04. The molecule has 0 radical (unpaired) electrons. The van der Waals surface area contributed by atoms with Gasteiger partial charge in [0.1, 0.15) is 0 Å². The SMILES string of the molecule is COC(=O)CC(NC(=O)C1CCCC1)c1ccc(OC)c(OC)c1. The van der Waals surface area contributed by atoms with Crippen LogP contribution in [0.25, 0.3) is 0 Å². The Bertz CT molecular complexity index is 581. The maximum Gasteiger partial charge on any atom is 0.307 e. The first-order valence-electron chi connectivity index (χ1n) is 8.18. The lowest BCUT2D eigenvalue weighted by atomic mass is 10.0. The molecule has 1 amide bonds. The zero-order valence-corrected chi connectivity index (χ0v) is 14.5. The van der Waals surface area contributed by atoms with Gasteiger partial charge in [-0.3, -0.25) is 9.59 Å². The van der Waals surface area contributed by atoms with Gasteiger partial charge in [0.15, 0.2) is 11.5 Å². The predicted molar refractivity (Wildman–Crippen MR) is 89.0 cm³/mol. The Morgan fingerprint density at radius 1 is 1.12 bits per heavy atom. The third-order valence-corrected chi connectivity index (χ3v) is 4.45. The summed E-state index contributed by atoms with van der Waals surface area (Å²) in [6, 6.07) is 4.91. The molecule has 0 bridgehead atoms. The molecule has 1 saturated carbocycles. The molecule has 24 heavy (non-hydrogen) atoms. The molecule has 6 heteroatoms. The van der Waals surface area contributed by atoms with Gasteiger partial charge in [0, 0.05) is 5.92 Å². The van der Waals surface area contributed by atoms with E-state index >= 15 is 0 Å². The normalized spacial score (nSPS) is 15.6. The third-order valence-electron chi connectivity index (χ3n) is 4.45. The van der Waals surface area contributed by atoms with Gasteiger partial charge in [0.2, 0.25) is 5.91 Å². The average Bonchev–Trinajstić information content (AvgIpc) is 3.15. The number of ether oxygens (including phenoxy) is 3. The second kappa shape index (κ2) is 8.57. The number of hydrogen-bond donors (Lipinski definition) is 1. The molecule has 1 fully saturated rings. The van der Waals surface area contributed by atoms with Gasteiger partial charge in [-0.2, -0.15) is 0 Å². The van der Waals surface area contributed by atoms with E-state index in [-0.39, 0.29) is 24.2 Å². The van der Waals surface area contributed by atoms with Crippen molar-refractivity contribution in [2.45, 2.75) is 38.1 Å². The number of esters is 1. The number of carbonyl (C=O) groups excluding carboxylic acids is 2. The van der Waals surface area contributed by atoms with E-state index in [0.717, 1.165) is 31.2 Å². The van der Waals surface area contributed by atoms with Gasteiger partial charge in [-0.1, -0.05) is 18.9 Å². The van der Waals surface area contributed by atoms with Gasteiger partial charge in [0.05, 0.1) is 33.8 Å². The average molecular weight is 335 g/mol. The van der Waals surface area contributed by atoms with Crippen LogP contribution in [0.15, 0.2) is 18.2 Å². The standard InChI is InChI=1S/C18H25NO5/c1-22-15-9-8-13(10-16(15)23-2)14(11-17(20)24-3)19-18(21)12-6-4-5-7-12/h8-10,12,14H,4-7,11H2,1-3H3,(H,19,21). The van der Waals surface area contributed by atoms with Crippen LogP contribution in [0.4, 0.5) is 0 Å². The maximum atomic E-state index is 12.5. The molecule has 0 saturated heterocycles. The molecular weight excluding hydrogens is 310 g/mol. The molecule has 1 atom stereocenters. The van der Waals surface area contributed by atoms with E-state index in [2.05, 4.69) is 5.32 Å². The molecule has 1 aromatic carbocycles. The first kappa shape index (κ1) is 18.1.